The third-order valence-corrected chi connectivity index (χ3v) is 2.53. The lowest BCUT2D eigenvalue weighted by Gasteiger charge is -2.04. The Hall–Kier alpha value is -2.17. The van der Waals surface area contributed by atoms with Crippen molar-refractivity contribution in [3.05, 3.63) is 52.7 Å². The number of aromatic nitrogens is 1. The molecule has 0 fully saturated rings. The summed E-state index contributed by atoms with van der Waals surface area (Å²) in [6, 6.07) is 6.27. The topological polar surface area (TPSA) is 55.1 Å². The van der Waals surface area contributed by atoms with E-state index >= 15 is 0 Å². The minimum atomic E-state index is -0.336. The summed E-state index contributed by atoms with van der Waals surface area (Å²) >= 11 is 0. The maximum atomic E-state index is 13.1. The Kier molecular flexibility index (Phi) is 3.41. The van der Waals surface area contributed by atoms with Crippen LogP contribution in [0.5, 0.6) is 0 Å². The van der Waals surface area contributed by atoms with E-state index in [4.69, 9.17) is 4.52 Å². The van der Waals surface area contributed by atoms with Crippen molar-refractivity contribution in [2.45, 2.75) is 20.4 Å². The second kappa shape index (κ2) is 5.00. The van der Waals surface area contributed by atoms with Gasteiger partial charge in [-0.1, -0.05) is 17.3 Å². The Bertz CT molecular complexity index is 578. The number of carbonyl (C=O) groups excluding carboxylic acids is 1. The fourth-order valence-electron chi connectivity index (χ4n) is 1.56. The summed E-state index contributed by atoms with van der Waals surface area (Å²) in [5.74, 6) is -0.417. The van der Waals surface area contributed by atoms with Gasteiger partial charge in [0.05, 0.1) is 5.69 Å². The van der Waals surface area contributed by atoms with E-state index in [0.29, 0.717) is 17.8 Å². The van der Waals surface area contributed by atoms with Crippen LogP contribution in [0.25, 0.3) is 0 Å². The van der Waals surface area contributed by atoms with Gasteiger partial charge in [0.1, 0.15) is 5.82 Å². The van der Waals surface area contributed by atoms with Crippen LogP contribution in [0, 0.1) is 19.7 Å². The van der Waals surface area contributed by atoms with Crippen molar-refractivity contribution < 1.29 is 13.7 Å². The number of halogens is 1. The summed E-state index contributed by atoms with van der Waals surface area (Å²) < 4.78 is 17.9. The lowest BCUT2D eigenvalue weighted by atomic mass is 10.1. The molecule has 2 aromatic rings. The highest BCUT2D eigenvalue weighted by atomic mass is 19.1. The van der Waals surface area contributed by atoms with Crippen LogP contribution in [0.2, 0.25) is 0 Å². The molecule has 2 rings (SSSR count). The van der Waals surface area contributed by atoms with E-state index in [2.05, 4.69) is 10.5 Å². The van der Waals surface area contributed by atoms with Crippen LogP contribution in [0.3, 0.4) is 0 Å². The van der Waals surface area contributed by atoms with Gasteiger partial charge in [-0.05, 0) is 31.0 Å². The van der Waals surface area contributed by atoms with Gasteiger partial charge in [0.2, 0.25) is 5.76 Å². The van der Waals surface area contributed by atoms with Crippen molar-refractivity contribution in [1.82, 2.24) is 10.5 Å². The second-order valence-electron chi connectivity index (χ2n) is 4.10. The van der Waals surface area contributed by atoms with E-state index in [1.165, 1.54) is 6.07 Å². The van der Waals surface area contributed by atoms with Crippen molar-refractivity contribution >= 4 is 5.91 Å². The average Bonchev–Trinajstić information content (AvgIpc) is 2.77. The molecule has 0 spiro atoms. The molecule has 5 heteroatoms. The summed E-state index contributed by atoms with van der Waals surface area (Å²) in [6.45, 7) is 3.74. The van der Waals surface area contributed by atoms with Crippen LogP contribution in [0.15, 0.2) is 28.8 Å². The summed E-state index contributed by atoms with van der Waals surface area (Å²) in [5.41, 5.74) is 2.04. The first kappa shape index (κ1) is 12.3. The summed E-state index contributed by atoms with van der Waals surface area (Å²) in [6.07, 6.45) is 0. The van der Waals surface area contributed by atoms with Gasteiger partial charge in [-0.25, -0.2) is 4.39 Å². The molecule has 4 nitrogen and oxygen atoms in total. The molecule has 0 aliphatic rings. The van der Waals surface area contributed by atoms with E-state index in [0.717, 1.165) is 5.56 Å². The molecular formula is C13H13FN2O2. The number of nitrogens with one attached hydrogen (secondary N) is 1. The Morgan fingerprint density at radius 3 is 2.78 bits per heavy atom. The standard InChI is InChI=1S/C13H13FN2O2/c1-8-5-10(3-4-11(8)14)7-15-13(17)12-6-9(2)16-18-12/h3-6H,7H2,1-2H3,(H,15,17). The summed E-state index contributed by atoms with van der Waals surface area (Å²) in [7, 11) is 0. The van der Waals surface area contributed by atoms with Crippen LogP contribution in [0.1, 0.15) is 27.4 Å². The molecule has 1 N–H and O–H groups in total. The minimum Gasteiger partial charge on any atom is -0.351 e. The molecule has 0 atom stereocenters. The van der Waals surface area contributed by atoms with Crippen molar-refractivity contribution in [3.63, 3.8) is 0 Å². The molecule has 94 valence electrons. The normalized spacial score (nSPS) is 10.4. The molecule has 0 saturated carbocycles. The largest absolute Gasteiger partial charge is 0.351 e. The lowest BCUT2D eigenvalue weighted by molar-refractivity contribution is 0.0914. The summed E-state index contributed by atoms with van der Waals surface area (Å²) in [5, 5.41) is 6.31. The van der Waals surface area contributed by atoms with Crippen LogP contribution < -0.4 is 5.32 Å². The number of hydrogen-bond donors (Lipinski definition) is 1. The Morgan fingerprint density at radius 1 is 1.39 bits per heavy atom. The third-order valence-electron chi connectivity index (χ3n) is 2.53. The van der Waals surface area contributed by atoms with Gasteiger partial charge in [0.15, 0.2) is 0 Å². The molecule has 1 aromatic heterocycles. The third kappa shape index (κ3) is 2.74. The molecule has 1 amide bonds. The van der Waals surface area contributed by atoms with E-state index in [9.17, 15) is 9.18 Å². The zero-order chi connectivity index (χ0) is 13.1. The predicted octanol–water partition coefficient (Wildman–Crippen LogP) is 2.36. The molecule has 0 aliphatic heterocycles. The molecule has 0 bridgehead atoms. The number of benzene rings is 1. The Balaban J connectivity index is 1.99. The highest BCUT2D eigenvalue weighted by Crippen LogP contribution is 2.09. The average molecular weight is 248 g/mol. The molecule has 1 aromatic carbocycles. The van der Waals surface area contributed by atoms with Gasteiger partial charge < -0.3 is 9.84 Å². The molecule has 0 radical (unpaired) electrons. The molecule has 1 heterocycles. The van der Waals surface area contributed by atoms with Crippen molar-refractivity contribution in [3.8, 4) is 0 Å². The Morgan fingerprint density at radius 2 is 2.17 bits per heavy atom. The molecule has 0 aliphatic carbocycles. The lowest BCUT2D eigenvalue weighted by Crippen LogP contribution is -2.22. The van der Waals surface area contributed by atoms with Gasteiger partial charge >= 0.3 is 0 Å². The van der Waals surface area contributed by atoms with E-state index in [1.54, 1.807) is 32.0 Å². The van der Waals surface area contributed by atoms with Crippen molar-refractivity contribution in [1.29, 1.82) is 0 Å². The molecule has 0 unspecified atom stereocenters. The number of aryl methyl sites for hydroxylation is 2. The van der Waals surface area contributed by atoms with Gasteiger partial charge in [-0.3, -0.25) is 4.79 Å². The fraction of sp³-hybridized carbons (Fsp3) is 0.231. The van der Waals surface area contributed by atoms with Gasteiger partial charge in [-0.2, -0.15) is 0 Å². The van der Waals surface area contributed by atoms with Crippen molar-refractivity contribution in [2.24, 2.45) is 0 Å². The zero-order valence-corrected chi connectivity index (χ0v) is 10.2. The SMILES string of the molecule is Cc1cc(C(=O)NCc2ccc(F)c(C)c2)on1. The maximum absolute atomic E-state index is 13.1. The molecule has 18 heavy (non-hydrogen) atoms. The van der Waals surface area contributed by atoms with Gasteiger partial charge in [-0.15, -0.1) is 0 Å². The molecule has 0 saturated heterocycles. The first-order chi connectivity index (χ1) is 8.56. The fourth-order valence-corrected chi connectivity index (χ4v) is 1.56. The number of hydrogen-bond acceptors (Lipinski definition) is 3. The van der Waals surface area contributed by atoms with Crippen molar-refractivity contribution in [2.75, 3.05) is 0 Å². The van der Waals surface area contributed by atoms with Gasteiger partial charge in [0.25, 0.3) is 5.91 Å². The number of nitrogens with zero attached hydrogens (tertiary/aromatic N) is 1. The maximum Gasteiger partial charge on any atom is 0.290 e. The number of rotatable bonds is 3. The number of amides is 1. The number of carbonyl (C=O) groups is 1. The smallest absolute Gasteiger partial charge is 0.290 e. The van der Waals surface area contributed by atoms with Gasteiger partial charge in [0, 0.05) is 12.6 Å². The quantitative estimate of drug-likeness (QED) is 0.907. The molecular weight excluding hydrogens is 235 g/mol. The first-order valence-electron chi connectivity index (χ1n) is 5.53. The highest BCUT2D eigenvalue weighted by molar-refractivity contribution is 5.91. The summed E-state index contributed by atoms with van der Waals surface area (Å²) in [4.78, 5) is 11.7. The Labute approximate surface area is 104 Å². The highest BCUT2D eigenvalue weighted by Gasteiger charge is 2.11. The van der Waals surface area contributed by atoms with Crippen LogP contribution in [0.4, 0.5) is 4.39 Å². The van der Waals surface area contributed by atoms with E-state index in [1.807, 2.05) is 0 Å². The van der Waals surface area contributed by atoms with E-state index in [-0.39, 0.29) is 17.5 Å². The minimum absolute atomic E-state index is 0.173. The van der Waals surface area contributed by atoms with E-state index < -0.39 is 0 Å². The predicted molar refractivity (Wildman–Crippen MR) is 63.5 cm³/mol. The second-order valence-corrected chi connectivity index (χ2v) is 4.10. The van der Waals surface area contributed by atoms with Crippen LogP contribution in [-0.2, 0) is 6.54 Å². The van der Waals surface area contributed by atoms with Crippen LogP contribution in [-0.4, -0.2) is 11.1 Å². The zero-order valence-electron chi connectivity index (χ0n) is 10.2. The van der Waals surface area contributed by atoms with Crippen LogP contribution >= 0.6 is 0 Å². The monoisotopic (exact) mass is 248 g/mol. The first-order valence-corrected chi connectivity index (χ1v) is 5.53.